The second kappa shape index (κ2) is 7.68. The summed E-state index contributed by atoms with van der Waals surface area (Å²) in [7, 11) is 0. The van der Waals surface area contributed by atoms with Crippen molar-refractivity contribution < 1.29 is 14.5 Å². The molecule has 136 valence electrons. The number of nitro benzene ring substituents is 1. The molecule has 1 aliphatic heterocycles. The standard InChI is InChI=1S/C17H19N5O4/c23-16(19-20-17(24)13-4-3-9-18-13)12-7-10-21(11-8-12)14-5-1-2-6-15(14)22(25)26/h1-6,9,12,18H,7-8,10-11H2,(H,19,23)(H,20,24). The van der Waals surface area contributed by atoms with Crippen LogP contribution in [-0.4, -0.2) is 34.8 Å². The molecule has 0 spiro atoms. The van der Waals surface area contributed by atoms with Crippen LogP contribution in [0.3, 0.4) is 0 Å². The highest BCUT2D eigenvalue weighted by Gasteiger charge is 2.28. The van der Waals surface area contributed by atoms with Crippen molar-refractivity contribution in [3.63, 3.8) is 0 Å². The molecule has 0 atom stereocenters. The molecule has 1 fully saturated rings. The average Bonchev–Trinajstić information content (AvgIpc) is 3.21. The third-order valence-corrected chi connectivity index (χ3v) is 4.43. The van der Waals surface area contributed by atoms with Crippen LogP contribution >= 0.6 is 0 Å². The van der Waals surface area contributed by atoms with Gasteiger partial charge in [-0.3, -0.25) is 30.6 Å². The highest BCUT2D eigenvalue weighted by Crippen LogP contribution is 2.31. The number of rotatable bonds is 4. The monoisotopic (exact) mass is 357 g/mol. The van der Waals surface area contributed by atoms with Crippen LogP contribution in [0.25, 0.3) is 0 Å². The van der Waals surface area contributed by atoms with Gasteiger partial charge in [0.05, 0.1) is 4.92 Å². The fourth-order valence-electron chi connectivity index (χ4n) is 3.03. The molecule has 0 bridgehead atoms. The number of aromatic amines is 1. The molecule has 0 saturated carbocycles. The maximum atomic E-state index is 12.2. The van der Waals surface area contributed by atoms with Crippen molar-refractivity contribution >= 4 is 23.2 Å². The van der Waals surface area contributed by atoms with E-state index in [0.717, 1.165) is 0 Å². The number of piperidine rings is 1. The van der Waals surface area contributed by atoms with E-state index in [1.54, 1.807) is 36.5 Å². The van der Waals surface area contributed by atoms with Gasteiger partial charge in [-0.05, 0) is 31.0 Å². The first-order valence-electron chi connectivity index (χ1n) is 8.28. The van der Waals surface area contributed by atoms with E-state index in [2.05, 4.69) is 15.8 Å². The normalized spacial score (nSPS) is 14.7. The number of benzene rings is 1. The van der Waals surface area contributed by atoms with Gasteiger partial charge < -0.3 is 9.88 Å². The summed E-state index contributed by atoms with van der Waals surface area (Å²) in [6, 6.07) is 9.88. The minimum atomic E-state index is -0.416. The lowest BCUT2D eigenvalue weighted by molar-refractivity contribution is -0.384. The van der Waals surface area contributed by atoms with Crippen LogP contribution in [-0.2, 0) is 4.79 Å². The third-order valence-electron chi connectivity index (χ3n) is 4.43. The van der Waals surface area contributed by atoms with Gasteiger partial charge in [-0.25, -0.2) is 0 Å². The van der Waals surface area contributed by atoms with E-state index in [1.807, 2.05) is 4.90 Å². The van der Waals surface area contributed by atoms with Gasteiger partial charge in [0, 0.05) is 31.3 Å². The zero-order chi connectivity index (χ0) is 18.5. The summed E-state index contributed by atoms with van der Waals surface area (Å²) in [6.45, 7) is 1.07. The van der Waals surface area contributed by atoms with Gasteiger partial charge in [0.15, 0.2) is 0 Å². The molecule has 9 nitrogen and oxygen atoms in total. The van der Waals surface area contributed by atoms with Crippen molar-refractivity contribution in [3.05, 3.63) is 58.4 Å². The van der Waals surface area contributed by atoms with Crippen LogP contribution in [0.2, 0.25) is 0 Å². The van der Waals surface area contributed by atoms with Crippen molar-refractivity contribution in [2.24, 2.45) is 5.92 Å². The summed E-state index contributed by atoms with van der Waals surface area (Å²) in [5.41, 5.74) is 5.80. The molecule has 0 aliphatic carbocycles. The quantitative estimate of drug-likeness (QED) is 0.567. The molecule has 9 heteroatoms. The molecule has 1 aromatic heterocycles. The Hall–Kier alpha value is -3.36. The Morgan fingerprint density at radius 1 is 1.12 bits per heavy atom. The number of H-pyrrole nitrogens is 1. The molecule has 1 aliphatic rings. The molecular weight excluding hydrogens is 338 g/mol. The minimum absolute atomic E-state index is 0.0635. The van der Waals surface area contributed by atoms with Crippen molar-refractivity contribution in [1.29, 1.82) is 0 Å². The number of amides is 2. The number of aromatic nitrogens is 1. The van der Waals surface area contributed by atoms with Crippen LogP contribution in [0.1, 0.15) is 23.3 Å². The Kier molecular flexibility index (Phi) is 5.16. The lowest BCUT2D eigenvalue weighted by atomic mass is 9.95. The fourth-order valence-corrected chi connectivity index (χ4v) is 3.03. The second-order valence-corrected chi connectivity index (χ2v) is 6.03. The number of carbonyl (C=O) groups is 2. The van der Waals surface area contributed by atoms with Gasteiger partial charge in [-0.15, -0.1) is 0 Å². The number of nitrogens with one attached hydrogen (secondary N) is 3. The van der Waals surface area contributed by atoms with Gasteiger partial charge in [-0.1, -0.05) is 12.1 Å². The Morgan fingerprint density at radius 3 is 2.50 bits per heavy atom. The number of carbonyl (C=O) groups excluding carboxylic acids is 2. The molecule has 1 saturated heterocycles. The Balaban J connectivity index is 1.53. The van der Waals surface area contributed by atoms with E-state index in [9.17, 15) is 19.7 Å². The van der Waals surface area contributed by atoms with Gasteiger partial charge in [-0.2, -0.15) is 0 Å². The first-order valence-corrected chi connectivity index (χ1v) is 8.28. The highest BCUT2D eigenvalue weighted by molar-refractivity contribution is 5.94. The second-order valence-electron chi connectivity index (χ2n) is 6.03. The fraction of sp³-hybridized carbons (Fsp3) is 0.294. The smallest absolute Gasteiger partial charge is 0.292 e. The molecule has 2 heterocycles. The van der Waals surface area contributed by atoms with Crippen molar-refractivity contribution in [2.45, 2.75) is 12.8 Å². The van der Waals surface area contributed by atoms with Crippen molar-refractivity contribution in [3.8, 4) is 0 Å². The topological polar surface area (TPSA) is 120 Å². The molecule has 0 unspecified atom stereocenters. The maximum Gasteiger partial charge on any atom is 0.292 e. The van der Waals surface area contributed by atoms with Crippen LogP contribution in [0, 0.1) is 16.0 Å². The third kappa shape index (κ3) is 3.82. The number of nitro groups is 1. The summed E-state index contributed by atoms with van der Waals surface area (Å²) in [5, 5.41) is 11.2. The van der Waals surface area contributed by atoms with Crippen LogP contribution in [0.15, 0.2) is 42.6 Å². The number of hydrogen-bond acceptors (Lipinski definition) is 5. The molecule has 1 aromatic carbocycles. The number of nitrogens with zero attached hydrogens (tertiary/aromatic N) is 2. The molecule has 26 heavy (non-hydrogen) atoms. The zero-order valence-electron chi connectivity index (χ0n) is 14.0. The summed E-state index contributed by atoms with van der Waals surface area (Å²) < 4.78 is 0. The van der Waals surface area contributed by atoms with E-state index in [4.69, 9.17) is 0 Å². The van der Waals surface area contributed by atoms with Gasteiger partial charge >= 0.3 is 0 Å². The van der Waals surface area contributed by atoms with E-state index < -0.39 is 10.8 Å². The molecule has 3 rings (SSSR count). The first kappa shape index (κ1) is 17.5. The number of hydrazine groups is 1. The van der Waals surface area contributed by atoms with Crippen molar-refractivity contribution in [2.75, 3.05) is 18.0 Å². The van der Waals surface area contributed by atoms with E-state index in [0.29, 0.717) is 37.3 Å². The number of para-hydroxylation sites is 2. The summed E-state index contributed by atoms with van der Waals surface area (Å²) in [6.07, 6.45) is 2.72. The summed E-state index contributed by atoms with van der Waals surface area (Å²) in [5.74, 6) is -0.925. The molecule has 2 amide bonds. The lowest BCUT2D eigenvalue weighted by Gasteiger charge is -2.32. The maximum absolute atomic E-state index is 12.2. The molecule has 3 N–H and O–H groups in total. The van der Waals surface area contributed by atoms with Crippen LogP contribution < -0.4 is 15.8 Å². The van der Waals surface area contributed by atoms with Gasteiger partial charge in [0.25, 0.3) is 11.6 Å². The Bertz CT molecular complexity index is 797. The number of anilines is 1. The summed E-state index contributed by atoms with van der Waals surface area (Å²) in [4.78, 5) is 39.5. The SMILES string of the molecule is O=C(NNC(=O)C1CCN(c2ccccc2[N+](=O)[O-])CC1)c1ccc[nH]1. The lowest BCUT2D eigenvalue weighted by Crippen LogP contribution is -2.47. The van der Waals surface area contributed by atoms with Crippen LogP contribution in [0.5, 0.6) is 0 Å². The van der Waals surface area contributed by atoms with Gasteiger partial charge in [0.2, 0.25) is 5.91 Å². The number of hydrogen-bond donors (Lipinski definition) is 3. The predicted octanol–water partition coefficient (Wildman–Crippen LogP) is 1.60. The highest BCUT2D eigenvalue weighted by atomic mass is 16.6. The minimum Gasteiger partial charge on any atom is -0.366 e. The zero-order valence-corrected chi connectivity index (χ0v) is 14.0. The molecular formula is C17H19N5O4. The van der Waals surface area contributed by atoms with E-state index in [-0.39, 0.29) is 17.5 Å². The van der Waals surface area contributed by atoms with Gasteiger partial charge in [0.1, 0.15) is 11.4 Å². The average molecular weight is 357 g/mol. The largest absolute Gasteiger partial charge is 0.366 e. The van der Waals surface area contributed by atoms with E-state index in [1.165, 1.54) is 6.07 Å². The first-order chi connectivity index (χ1) is 12.6. The van der Waals surface area contributed by atoms with Crippen LogP contribution in [0.4, 0.5) is 11.4 Å². The van der Waals surface area contributed by atoms with Crippen molar-refractivity contribution in [1.82, 2.24) is 15.8 Å². The van der Waals surface area contributed by atoms with E-state index >= 15 is 0 Å². The summed E-state index contributed by atoms with van der Waals surface area (Å²) >= 11 is 0. The molecule has 0 radical (unpaired) electrons. The molecule has 2 aromatic rings. The predicted molar refractivity (Wildman–Crippen MR) is 94.4 cm³/mol. The Labute approximate surface area is 149 Å². The Morgan fingerprint density at radius 2 is 1.85 bits per heavy atom.